The minimum atomic E-state index is 0.428. The van der Waals surface area contributed by atoms with E-state index in [1.807, 2.05) is 0 Å². The molecular weight excluding hydrogens is 162 g/mol. The van der Waals surface area contributed by atoms with E-state index in [2.05, 4.69) is 32.2 Å². The maximum Gasteiger partial charge on any atom is 0.109 e. The summed E-state index contributed by atoms with van der Waals surface area (Å²) in [5, 5.41) is 3.48. The molecule has 0 bridgehead atoms. The van der Waals surface area contributed by atoms with Crippen molar-refractivity contribution in [2.24, 2.45) is 5.92 Å². The smallest absolute Gasteiger partial charge is 0.109 e. The van der Waals surface area contributed by atoms with Crippen LogP contribution in [0.25, 0.3) is 0 Å². The summed E-state index contributed by atoms with van der Waals surface area (Å²) in [6.45, 7) is 8.52. The Hall–Kier alpha value is -0.500. The molecule has 2 atom stereocenters. The molecule has 0 amide bonds. The number of rotatable bonds is 5. The minimum absolute atomic E-state index is 0.428. The Morgan fingerprint density at radius 2 is 2.31 bits per heavy atom. The van der Waals surface area contributed by atoms with Gasteiger partial charge < -0.3 is 10.1 Å². The second-order valence-electron chi connectivity index (χ2n) is 3.66. The fraction of sp³-hybridized carbons (Fsp3) is 0.818. The molecular formula is C11H21NO. The number of hydrogen-bond donors (Lipinski definition) is 1. The lowest BCUT2D eigenvalue weighted by Gasteiger charge is -2.24. The Labute approximate surface area is 81.4 Å². The lowest BCUT2D eigenvalue weighted by atomic mass is 9.97. The van der Waals surface area contributed by atoms with E-state index < -0.39 is 0 Å². The summed E-state index contributed by atoms with van der Waals surface area (Å²) >= 11 is 0. The van der Waals surface area contributed by atoms with Crippen LogP contribution < -0.4 is 5.32 Å². The van der Waals surface area contributed by atoms with Gasteiger partial charge in [0, 0.05) is 6.42 Å². The van der Waals surface area contributed by atoms with Crippen molar-refractivity contribution < 1.29 is 4.74 Å². The number of hydrogen-bond acceptors (Lipinski definition) is 2. The van der Waals surface area contributed by atoms with Gasteiger partial charge in [0.25, 0.3) is 0 Å². The molecule has 1 aliphatic heterocycles. The lowest BCUT2D eigenvalue weighted by molar-refractivity contribution is 0.195. The van der Waals surface area contributed by atoms with E-state index in [0.29, 0.717) is 12.0 Å². The summed E-state index contributed by atoms with van der Waals surface area (Å²) in [7, 11) is 0. The molecule has 1 rings (SSSR count). The van der Waals surface area contributed by atoms with Crippen molar-refractivity contribution in [3.63, 3.8) is 0 Å². The van der Waals surface area contributed by atoms with Crippen LogP contribution in [0.5, 0.6) is 0 Å². The molecule has 2 heteroatoms. The number of likely N-dealkylation sites (N-methyl/N-ethyl adjacent to an activating group) is 1. The standard InChI is InChI=1S/C11H21NO/c1-4-9(3)11(12-5-2)10-7-6-8-13-10/h7,9,11-12H,4-6,8H2,1-3H3. The number of ether oxygens (including phenoxy) is 1. The third-order valence-electron chi connectivity index (χ3n) is 2.68. The van der Waals surface area contributed by atoms with Gasteiger partial charge in [0.1, 0.15) is 5.76 Å². The van der Waals surface area contributed by atoms with E-state index in [-0.39, 0.29) is 0 Å². The van der Waals surface area contributed by atoms with Crippen LogP contribution >= 0.6 is 0 Å². The highest BCUT2D eigenvalue weighted by Gasteiger charge is 2.22. The van der Waals surface area contributed by atoms with Gasteiger partial charge in [0.05, 0.1) is 12.6 Å². The van der Waals surface area contributed by atoms with Crippen molar-refractivity contribution >= 4 is 0 Å². The predicted octanol–water partition coefficient (Wildman–Crippen LogP) is 2.31. The second kappa shape index (κ2) is 5.28. The molecule has 1 aliphatic rings. The molecule has 0 aromatic heterocycles. The summed E-state index contributed by atoms with van der Waals surface area (Å²) in [4.78, 5) is 0. The zero-order valence-corrected chi connectivity index (χ0v) is 8.97. The first kappa shape index (κ1) is 10.6. The van der Waals surface area contributed by atoms with Crippen molar-refractivity contribution in [3.05, 3.63) is 11.8 Å². The molecule has 0 saturated heterocycles. The van der Waals surface area contributed by atoms with E-state index in [0.717, 1.165) is 25.3 Å². The van der Waals surface area contributed by atoms with Gasteiger partial charge in [-0.2, -0.15) is 0 Å². The van der Waals surface area contributed by atoms with Crippen LogP contribution in [0, 0.1) is 5.92 Å². The zero-order valence-electron chi connectivity index (χ0n) is 8.97. The van der Waals surface area contributed by atoms with Crippen molar-refractivity contribution in [1.29, 1.82) is 0 Å². The first-order valence-corrected chi connectivity index (χ1v) is 5.35. The fourth-order valence-corrected chi connectivity index (χ4v) is 1.69. The van der Waals surface area contributed by atoms with Crippen LogP contribution in [0.2, 0.25) is 0 Å². The summed E-state index contributed by atoms with van der Waals surface area (Å²) in [5.41, 5.74) is 0. The highest BCUT2D eigenvalue weighted by molar-refractivity contribution is 5.08. The first-order chi connectivity index (χ1) is 6.29. The number of nitrogens with one attached hydrogen (secondary N) is 1. The van der Waals surface area contributed by atoms with Crippen LogP contribution in [0.15, 0.2) is 11.8 Å². The Kier molecular flexibility index (Phi) is 4.29. The maximum atomic E-state index is 5.59. The Balaban J connectivity index is 2.55. The topological polar surface area (TPSA) is 21.3 Å². The molecule has 0 fully saturated rings. The van der Waals surface area contributed by atoms with Crippen LogP contribution in [-0.2, 0) is 4.74 Å². The Morgan fingerprint density at radius 3 is 2.77 bits per heavy atom. The highest BCUT2D eigenvalue weighted by atomic mass is 16.5. The van der Waals surface area contributed by atoms with Gasteiger partial charge >= 0.3 is 0 Å². The highest BCUT2D eigenvalue weighted by Crippen LogP contribution is 2.21. The molecule has 0 spiro atoms. The van der Waals surface area contributed by atoms with Gasteiger partial charge in [0.15, 0.2) is 0 Å². The van der Waals surface area contributed by atoms with Crippen molar-refractivity contribution in [2.45, 2.75) is 39.7 Å². The molecule has 0 aromatic carbocycles. The molecule has 0 saturated carbocycles. The summed E-state index contributed by atoms with van der Waals surface area (Å²) in [6.07, 6.45) is 4.49. The van der Waals surface area contributed by atoms with Gasteiger partial charge in [-0.15, -0.1) is 0 Å². The molecule has 1 heterocycles. The fourth-order valence-electron chi connectivity index (χ4n) is 1.69. The van der Waals surface area contributed by atoms with E-state index >= 15 is 0 Å². The molecule has 2 unspecified atom stereocenters. The van der Waals surface area contributed by atoms with Crippen molar-refractivity contribution in [3.8, 4) is 0 Å². The van der Waals surface area contributed by atoms with E-state index in [4.69, 9.17) is 4.74 Å². The summed E-state index contributed by atoms with van der Waals surface area (Å²) in [6, 6.07) is 0.428. The Bertz CT molecular complexity index is 177. The predicted molar refractivity (Wildman–Crippen MR) is 55.6 cm³/mol. The van der Waals surface area contributed by atoms with Gasteiger partial charge in [-0.25, -0.2) is 0 Å². The molecule has 0 aliphatic carbocycles. The first-order valence-electron chi connectivity index (χ1n) is 5.35. The molecule has 76 valence electrons. The zero-order chi connectivity index (χ0) is 9.68. The third kappa shape index (κ3) is 2.73. The van der Waals surface area contributed by atoms with E-state index in [1.165, 1.54) is 6.42 Å². The van der Waals surface area contributed by atoms with Crippen LogP contribution in [-0.4, -0.2) is 19.2 Å². The monoisotopic (exact) mass is 183 g/mol. The Morgan fingerprint density at radius 1 is 1.54 bits per heavy atom. The molecule has 0 aromatic rings. The third-order valence-corrected chi connectivity index (χ3v) is 2.68. The summed E-state index contributed by atoms with van der Waals surface area (Å²) in [5.74, 6) is 1.82. The SMILES string of the molecule is CCNC(C1=CCCO1)C(C)CC. The molecule has 13 heavy (non-hydrogen) atoms. The van der Waals surface area contributed by atoms with Gasteiger partial charge in [-0.1, -0.05) is 27.2 Å². The molecule has 2 nitrogen and oxygen atoms in total. The molecule has 1 N–H and O–H groups in total. The second-order valence-corrected chi connectivity index (χ2v) is 3.66. The van der Waals surface area contributed by atoms with Crippen molar-refractivity contribution in [1.82, 2.24) is 5.32 Å². The minimum Gasteiger partial charge on any atom is -0.496 e. The largest absolute Gasteiger partial charge is 0.496 e. The van der Waals surface area contributed by atoms with Crippen LogP contribution in [0.3, 0.4) is 0 Å². The van der Waals surface area contributed by atoms with Crippen LogP contribution in [0.1, 0.15) is 33.6 Å². The average Bonchev–Trinajstić information content (AvgIpc) is 2.65. The van der Waals surface area contributed by atoms with Gasteiger partial charge in [0.2, 0.25) is 0 Å². The van der Waals surface area contributed by atoms with Crippen molar-refractivity contribution in [2.75, 3.05) is 13.2 Å². The van der Waals surface area contributed by atoms with E-state index in [9.17, 15) is 0 Å². The van der Waals surface area contributed by atoms with Gasteiger partial charge in [-0.05, 0) is 18.5 Å². The maximum absolute atomic E-state index is 5.59. The normalized spacial score (nSPS) is 20.7. The quantitative estimate of drug-likeness (QED) is 0.706. The lowest BCUT2D eigenvalue weighted by Crippen LogP contribution is -2.36. The van der Waals surface area contributed by atoms with E-state index in [1.54, 1.807) is 0 Å². The summed E-state index contributed by atoms with van der Waals surface area (Å²) < 4.78 is 5.59. The average molecular weight is 183 g/mol. The van der Waals surface area contributed by atoms with Crippen LogP contribution in [0.4, 0.5) is 0 Å². The molecule has 0 radical (unpaired) electrons. The van der Waals surface area contributed by atoms with Gasteiger partial charge in [-0.3, -0.25) is 0 Å².